The minimum Gasteiger partial charge on any atom is -0.294 e. The van der Waals surface area contributed by atoms with Crippen molar-refractivity contribution in [3.63, 3.8) is 0 Å². The molecule has 1 aromatic heterocycles. The second-order valence-electron chi connectivity index (χ2n) is 4.63. The maximum Gasteiger partial charge on any atom is 0.169 e. The molecule has 1 aromatic carbocycles. The predicted molar refractivity (Wildman–Crippen MR) is 83.4 cm³/mol. The summed E-state index contributed by atoms with van der Waals surface area (Å²) in [6.45, 7) is 3.77. The van der Waals surface area contributed by atoms with E-state index in [9.17, 15) is 4.79 Å². The van der Waals surface area contributed by atoms with Crippen molar-refractivity contribution < 1.29 is 4.79 Å². The van der Waals surface area contributed by atoms with Crippen LogP contribution >= 0.6 is 22.9 Å². The van der Waals surface area contributed by atoms with E-state index in [1.807, 2.05) is 18.2 Å². The van der Waals surface area contributed by atoms with Gasteiger partial charge in [-0.25, -0.2) is 0 Å². The van der Waals surface area contributed by atoms with Gasteiger partial charge in [0.1, 0.15) is 0 Å². The van der Waals surface area contributed by atoms with Crippen molar-refractivity contribution in [2.24, 2.45) is 0 Å². The van der Waals surface area contributed by atoms with E-state index in [1.54, 1.807) is 6.92 Å². The van der Waals surface area contributed by atoms with Crippen LogP contribution in [-0.4, -0.2) is 5.78 Å². The number of unbranched alkanes of at least 4 members (excludes halogenated alkanes) is 1. The van der Waals surface area contributed by atoms with Crippen LogP contribution in [0.2, 0.25) is 5.02 Å². The minimum atomic E-state index is 0.113. The highest BCUT2D eigenvalue weighted by Gasteiger charge is 2.08. The van der Waals surface area contributed by atoms with Gasteiger partial charge >= 0.3 is 0 Å². The zero-order valence-corrected chi connectivity index (χ0v) is 12.8. The standard InChI is InChI=1S/C16H17ClOS/c1-3-4-5-12-6-7-13(10-14(12)17)16-9-8-15(19-16)11(2)18/h6-10H,3-5H2,1-2H3. The second kappa shape index (κ2) is 6.36. The van der Waals surface area contributed by atoms with Gasteiger partial charge < -0.3 is 0 Å². The molecular weight excluding hydrogens is 276 g/mol. The molecule has 0 atom stereocenters. The van der Waals surface area contributed by atoms with Crippen LogP contribution in [0.1, 0.15) is 41.9 Å². The fourth-order valence-corrected chi connectivity index (χ4v) is 3.13. The van der Waals surface area contributed by atoms with Gasteiger partial charge in [0, 0.05) is 9.90 Å². The third-order valence-corrected chi connectivity index (χ3v) is 4.68. The first kappa shape index (κ1) is 14.3. The number of Topliss-reactive ketones (excluding diaryl/α,β-unsaturated/α-hetero) is 1. The number of aryl methyl sites for hydroxylation is 1. The predicted octanol–water partition coefficient (Wildman–Crippen LogP) is 5.61. The third kappa shape index (κ3) is 3.46. The molecule has 19 heavy (non-hydrogen) atoms. The summed E-state index contributed by atoms with van der Waals surface area (Å²) in [5.74, 6) is 0.113. The zero-order valence-electron chi connectivity index (χ0n) is 11.2. The lowest BCUT2D eigenvalue weighted by atomic mass is 10.1. The molecule has 0 saturated carbocycles. The zero-order chi connectivity index (χ0) is 13.8. The van der Waals surface area contributed by atoms with Crippen molar-refractivity contribution >= 4 is 28.7 Å². The summed E-state index contributed by atoms with van der Waals surface area (Å²) in [6.07, 6.45) is 3.36. The average Bonchev–Trinajstić information content (AvgIpc) is 2.87. The highest BCUT2D eigenvalue weighted by molar-refractivity contribution is 7.17. The van der Waals surface area contributed by atoms with E-state index in [0.29, 0.717) is 0 Å². The van der Waals surface area contributed by atoms with Crippen molar-refractivity contribution in [2.75, 3.05) is 0 Å². The van der Waals surface area contributed by atoms with Gasteiger partial charge in [-0.15, -0.1) is 11.3 Å². The largest absolute Gasteiger partial charge is 0.294 e. The Morgan fingerprint density at radius 1 is 1.26 bits per heavy atom. The highest BCUT2D eigenvalue weighted by Crippen LogP contribution is 2.31. The Kier molecular flexibility index (Phi) is 4.78. The topological polar surface area (TPSA) is 17.1 Å². The smallest absolute Gasteiger partial charge is 0.169 e. The lowest BCUT2D eigenvalue weighted by Crippen LogP contribution is -1.87. The SMILES string of the molecule is CCCCc1ccc(-c2ccc(C(C)=O)s2)cc1Cl. The number of thiophene rings is 1. The first-order valence-electron chi connectivity index (χ1n) is 6.51. The molecule has 0 spiro atoms. The summed E-state index contributed by atoms with van der Waals surface area (Å²) >= 11 is 7.84. The molecule has 1 nitrogen and oxygen atoms in total. The molecule has 0 bridgehead atoms. The van der Waals surface area contributed by atoms with Crippen molar-refractivity contribution in [2.45, 2.75) is 33.1 Å². The number of ketones is 1. The summed E-state index contributed by atoms with van der Waals surface area (Å²) in [5.41, 5.74) is 2.29. The van der Waals surface area contributed by atoms with E-state index in [1.165, 1.54) is 23.3 Å². The van der Waals surface area contributed by atoms with Crippen LogP contribution < -0.4 is 0 Å². The molecule has 100 valence electrons. The van der Waals surface area contributed by atoms with Crippen LogP contribution in [0.15, 0.2) is 30.3 Å². The Labute approximate surface area is 123 Å². The average molecular weight is 293 g/mol. The Balaban J connectivity index is 2.25. The van der Waals surface area contributed by atoms with Crippen molar-refractivity contribution in [3.8, 4) is 10.4 Å². The lowest BCUT2D eigenvalue weighted by molar-refractivity contribution is 0.102. The van der Waals surface area contributed by atoms with Crippen molar-refractivity contribution in [1.29, 1.82) is 0 Å². The maximum absolute atomic E-state index is 11.3. The number of hydrogen-bond acceptors (Lipinski definition) is 2. The lowest BCUT2D eigenvalue weighted by Gasteiger charge is -2.05. The van der Waals surface area contributed by atoms with Gasteiger partial charge in [0.05, 0.1) is 4.88 Å². The molecule has 0 radical (unpaired) electrons. The number of hydrogen-bond donors (Lipinski definition) is 0. The molecule has 0 unspecified atom stereocenters. The summed E-state index contributed by atoms with van der Waals surface area (Å²) in [4.78, 5) is 13.2. The normalized spacial score (nSPS) is 10.7. The van der Waals surface area contributed by atoms with Crippen LogP contribution in [0, 0.1) is 0 Å². The summed E-state index contributed by atoms with van der Waals surface area (Å²) in [6, 6.07) is 10.1. The number of rotatable bonds is 5. The molecule has 0 aliphatic carbocycles. The molecule has 0 fully saturated rings. The van der Waals surface area contributed by atoms with Crippen LogP contribution in [0.4, 0.5) is 0 Å². The Hall–Kier alpha value is -1.12. The van der Waals surface area contributed by atoms with E-state index in [4.69, 9.17) is 11.6 Å². The Morgan fingerprint density at radius 3 is 2.63 bits per heavy atom. The van der Waals surface area contributed by atoms with Crippen LogP contribution in [0.5, 0.6) is 0 Å². The Morgan fingerprint density at radius 2 is 2.05 bits per heavy atom. The molecule has 2 rings (SSSR count). The van der Waals surface area contributed by atoms with E-state index in [2.05, 4.69) is 19.1 Å². The quantitative estimate of drug-likeness (QED) is 0.654. The Bertz CT molecular complexity index is 586. The summed E-state index contributed by atoms with van der Waals surface area (Å²) < 4.78 is 0. The fourth-order valence-electron chi connectivity index (χ4n) is 1.95. The number of benzene rings is 1. The number of carbonyl (C=O) groups is 1. The molecule has 2 aromatic rings. The molecule has 0 aliphatic heterocycles. The van der Waals surface area contributed by atoms with Crippen LogP contribution in [-0.2, 0) is 6.42 Å². The van der Waals surface area contributed by atoms with E-state index in [-0.39, 0.29) is 5.78 Å². The molecule has 0 amide bonds. The molecule has 0 N–H and O–H groups in total. The van der Waals surface area contributed by atoms with Crippen LogP contribution in [0.3, 0.4) is 0 Å². The maximum atomic E-state index is 11.3. The van der Waals surface area contributed by atoms with Gasteiger partial charge in [0.15, 0.2) is 5.78 Å². The van der Waals surface area contributed by atoms with E-state index in [0.717, 1.165) is 33.2 Å². The van der Waals surface area contributed by atoms with Gasteiger partial charge in [-0.3, -0.25) is 4.79 Å². The third-order valence-electron chi connectivity index (χ3n) is 3.09. The minimum absolute atomic E-state index is 0.113. The molecule has 0 saturated heterocycles. The first-order valence-corrected chi connectivity index (χ1v) is 7.71. The second-order valence-corrected chi connectivity index (χ2v) is 6.12. The fraction of sp³-hybridized carbons (Fsp3) is 0.312. The molecule has 1 heterocycles. The van der Waals surface area contributed by atoms with E-state index < -0.39 is 0 Å². The van der Waals surface area contributed by atoms with Gasteiger partial charge in [0.25, 0.3) is 0 Å². The molecular formula is C16H17ClOS. The van der Waals surface area contributed by atoms with Crippen molar-refractivity contribution in [1.82, 2.24) is 0 Å². The first-order chi connectivity index (χ1) is 9.11. The summed E-state index contributed by atoms with van der Waals surface area (Å²) in [7, 11) is 0. The highest BCUT2D eigenvalue weighted by atomic mass is 35.5. The monoisotopic (exact) mass is 292 g/mol. The number of halogens is 1. The van der Waals surface area contributed by atoms with E-state index >= 15 is 0 Å². The van der Waals surface area contributed by atoms with Gasteiger partial charge in [0.2, 0.25) is 0 Å². The number of carbonyl (C=O) groups excluding carboxylic acids is 1. The van der Waals surface area contributed by atoms with Gasteiger partial charge in [-0.05, 0) is 49.1 Å². The van der Waals surface area contributed by atoms with Crippen molar-refractivity contribution in [3.05, 3.63) is 45.8 Å². The summed E-state index contributed by atoms with van der Waals surface area (Å²) in [5, 5.41) is 0.823. The molecule has 3 heteroatoms. The molecule has 0 aliphatic rings. The van der Waals surface area contributed by atoms with Crippen LogP contribution in [0.25, 0.3) is 10.4 Å². The van der Waals surface area contributed by atoms with Gasteiger partial charge in [-0.1, -0.05) is 37.1 Å². The van der Waals surface area contributed by atoms with Gasteiger partial charge in [-0.2, -0.15) is 0 Å².